The molecule has 3 N–H and O–H groups in total. The zero-order valence-electron chi connectivity index (χ0n) is 12.7. The summed E-state index contributed by atoms with van der Waals surface area (Å²) in [4.78, 5) is 4.62. The van der Waals surface area contributed by atoms with Gasteiger partial charge < -0.3 is 15.7 Å². The Kier molecular flexibility index (Phi) is 5.89. The van der Waals surface area contributed by atoms with Crippen molar-refractivity contribution in [3.05, 3.63) is 11.6 Å². The topological polar surface area (TPSA) is 56.7 Å². The van der Waals surface area contributed by atoms with Crippen molar-refractivity contribution in [2.24, 2.45) is 10.4 Å². The Labute approximate surface area is 122 Å². The maximum atomic E-state index is 9.33. The largest absolute Gasteiger partial charge is 0.396 e. The smallest absolute Gasteiger partial charge is 0.191 e. The van der Waals surface area contributed by atoms with E-state index in [2.05, 4.69) is 28.6 Å². The molecule has 4 nitrogen and oxygen atoms in total. The van der Waals surface area contributed by atoms with Gasteiger partial charge in [0.2, 0.25) is 0 Å². The zero-order chi connectivity index (χ0) is 14.3. The van der Waals surface area contributed by atoms with Gasteiger partial charge in [-0.2, -0.15) is 0 Å². The van der Waals surface area contributed by atoms with Crippen LogP contribution in [0.25, 0.3) is 0 Å². The van der Waals surface area contributed by atoms with Gasteiger partial charge in [-0.15, -0.1) is 0 Å². The standard InChI is InChI=1S/C16H29N3O/c1-2-17-15(19-12-16(13-20)9-10-16)18-11-8-14-6-4-3-5-7-14/h6,20H,2-5,7-13H2,1H3,(H2,17,18,19). The van der Waals surface area contributed by atoms with Gasteiger partial charge in [0.05, 0.1) is 13.2 Å². The van der Waals surface area contributed by atoms with E-state index < -0.39 is 0 Å². The highest BCUT2D eigenvalue weighted by Gasteiger charge is 2.41. The van der Waals surface area contributed by atoms with Crippen LogP contribution in [0.5, 0.6) is 0 Å². The number of nitrogens with zero attached hydrogens (tertiary/aromatic N) is 1. The second-order valence-corrected chi connectivity index (χ2v) is 6.14. The number of rotatable bonds is 7. The highest BCUT2D eigenvalue weighted by atomic mass is 16.3. The first-order valence-corrected chi connectivity index (χ1v) is 8.09. The number of aliphatic hydroxyl groups is 1. The molecular formula is C16H29N3O. The van der Waals surface area contributed by atoms with Gasteiger partial charge in [-0.05, 0) is 51.9 Å². The van der Waals surface area contributed by atoms with E-state index in [0.717, 1.165) is 44.9 Å². The van der Waals surface area contributed by atoms with Crippen LogP contribution in [-0.2, 0) is 0 Å². The van der Waals surface area contributed by atoms with Crippen LogP contribution in [0.15, 0.2) is 16.6 Å². The van der Waals surface area contributed by atoms with E-state index in [9.17, 15) is 5.11 Å². The summed E-state index contributed by atoms with van der Waals surface area (Å²) in [7, 11) is 0. The van der Waals surface area contributed by atoms with E-state index in [0.29, 0.717) is 0 Å². The molecule has 1 saturated carbocycles. The fraction of sp³-hybridized carbons (Fsp3) is 0.812. The van der Waals surface area contributed by atoms with Crippen molar-refractivity contribution in [3.63, 3.8) is 0 Å². The first-order valence-electron chi connectivity index (χ1n) is 8.09. The summed E-state index contributed by atoms with van der Waals surface area (Å²) in [6, 6.07) is 0. The van der Waals surface area contributed by atoms with Crippen molar-refractivity contribution in [2.75, 3.05) is 26.2 Å². The molecule has 1 fully saturated rings. The van der Waals surface area contributed by atoms with Crippen LogP contribution in [0.3, 0.4) is 0 Å². The Bertz CT molecular complexity index is 359. The number of guanidine groups is 1. The third-order valence-corrected chi connectivity index (χ3v) is 4.33. The summed E-state index contributed by atoms with van der Waals surface area (Å²) in [5, 5.41) is 16.0. The van der Waals surface area contributed by atoms with E-state index in [1.54, 1.807) is 5.57 Å². The summed E-state index contributed by atoms with van der Waals surface area (Å²) < 4.78 is 0. The van der Waals surface area contributed by atoms with Gasteiger partial charge in [-0.1, -0.05) is 11.6 Å². The molecule has 2 aliphatic rings. The van der Waals surface area contributed by atoms with Gasteiger partial charge >= 0.3 is 0 Å². The maximum Gasteiger partial charge on any atom is 0.191 e. The summed E-state index contributed by atoms with van der Waals surface area (Å²) >= 11 is 0. The van der Waals surface area contributed by atoms with Crippen LogP contribution in [-0.4, -0.2) is 37.3 Å². The van der Waals surface area contributed by atoms with Crippen molar-refractivity contribution in [3.8, 4) is 0 Å². The molecule has 0 spiro atoms. The van der Waals surface area contributed by atoms with Crippen molar-refractivity contribution < 1.29 is 5.11 Å². The van der Waals surface area contributed by atoms with E-state index >= 15 is 0 Å². The van der Waals surface area contributed by atoms with E-state index in [4.69, 9.17) is 0 Å². The molecule has 4 heteroatoms. The first kappa shape index (κ1) is 15.4. The summed E-state index contributed by atoms with van der Waals surface area (Å²) in [6.45, 7) is 4.91. The van der Waals surface area contributed by atoms with Gasteiger partial charge in [-0.3, -0.25) is 4.99 Å². The first-order chi connectivity index (χ1) is 9.78. The van der Waals surface area contributed by atoms with Gasteiger partial charge in [0.15, 0.2) is 5.96 Å². The summed E-state index contributed by atoms with van der Waals surface area (Å²) in [5.74, 6) is 0.892. The van der Waals surface area contributed by atoms with E-state index in [-0.39, 0.29) is 12.0 Å². The predicted molar refractivity (Wildman–Crippen MR) is 83.9 cm³/mol. The molecule has 0 heterocycles. The van der Waals surface area contributed by atoms with E-state index in [1.807, 2.05) is 0 Å². The number of hydrogen-bond donors (Lipinski definition) is 3. The molecule has 0 amide bonds. The summed E-state index contributed by atoms with van der Waals surface area (Å²) in [6.07, 6.45) is 11.0. The van der Waals surface area contributed by atoms with Crippen LogP contribution < -0.4 is 10.6 Å². The number of hydrogen-bond acceptors (Lipinski definition) is 2. The molecule has 2 aliphatic carbocycles. The Morgan fingerprint density at radius 1 is 1.35 bits per heavy atom. The zero-order valence-corrected chi connectivity index (χ0v) is 12.7. The Balaban J connectivity index is 1.73. The minimum atomic E-state index is 0.0915. The maximum absolute atomic E-state index is 9.33. The second-order valence-electron chi connectivity index (χ2n) is 6.14. The average Bonchev–Trinajstić information content (AvgIpc) is 3.26. The summed E-state index contributed by atoms with van der Waals surface area (Å²) in [5.41, 5.74) is 1.68. The number of aliphatic hydroxyl groups excluding tert-OH is 1. The lowest BCUT2D eigenvalue weighted by Gasteiger charge is -2.16. The lowest BCUT2D eigenvalue weighted by atomic mass is 9.97. The molecule has 0 aromatic carbocycles. The van der Waals surface area contributed by atoms with Crippen LogP contribution in [0, 0.1) is 5.41 Å². The Morgan fingerprint density at radius 3 is 2.80 bits per heavy atom. The van der Waals surface area contributed by atoms with Gasteiger partial charge in [0, 0.05) is 18.5 Å². The molecule has 0 radical (unpaired) electrons. The molecule has 0 unspecified atom stereocenters. The van der Waals surface area contributed by atoms with Crippen LogP contribution in [0.1, 0.15) is 51.9 Å². The van der Waals surface area contributed by atoms with Crippen LogP contribution in [0.4, 0.5) is 0 Å². The minimum Gasteiger partial charge on any atom is -0.396 e. The fourth-order valence-electron chi connectivity index (χ4n) is 2.60. The lowest BCUT2D eigenvalue weighted by Crippen LogP contribution is -2.38. The van der Waals surface area contributed by atoms with Gasteiger partial charge in [0.1, 0.15) is 0 Å². The van der Waals surface area contributed by atoms with Crippen molar-refractivity contribution in [1.82, 2.24) is 10.6 Å². The Hall–Kier alpha value is -1.03. The third-order valence-electron chi connectivity index (χ3n) is 4.33. The second kappa shape index (κ2) is 7.67. The molecule has 2 rings (SSSR count). The SMILES string of the molecule is CCNC(=NCC1(CO)CC1)NCCC1=CCCCC1. The molecule has 20 heavy (non-hydrogen) atoms. The molecule has 0 aromatic heterocycles. The lowest BCUT2D eigenvalue weighted by molar-refractivity contribution is 0.217. The average molecular weight is 279 g/mol. The molecule has 0 saturated heterocycles. The highest BCUT2D eigenvalue weighted by Crippen LogP contribution is 2.45. The molecule has 0 aromatic rings. The molecule has 0 bridgehead atoms. The quantitative estimate of drug-likeness (QED) is 0.380. The fourth-order valence-corrected chi connectivity index (χ4v) is 2.60. The van der Waals surface area contributed by atoms with E-state index in [1.165, 1.54) is 25.7 Å². The molecular weight excluding hydrogens is 250 g/mol. The normalized spacial score (nSPS) is 21.3. The third kappa shape index (κ3) is 4.82. The molecule has 114 valence electrons. The minimum absolute atomic E-state index is 0.0915. The van der Waals surface area contributed by atoms with Gasteiger partial charge in [0.25, 0.3) is 0 Å². The highest BCUT2D eigenvalue weighted by molar-refractivity contribution is 5.79. The van der Waals surface area contributed by atoms with Crippen LogP contribution in [0.2, 0.25) is 0 Å². The van der Waals surface area contributed by atoms with Crippen molar-refractivity contribution in [2.45, 2.75) is 51.9 Å². The van der Waals surface area contributed by atoms with Crippen molar-refractivity contribution >= 4 is 5.96 Å². The van der Waals surface area contributed by atoms with Crippen molar-refractivity contribution in [1.29, 1.82) is 0 Å². The van der Waals surface area contributed by atoms with Crippen LogP contribution >= 0.6 is 0 Å². The van der Waals surface area contributed by atoms with Gasteiger partial charge in [-0.25, -0.2) is 0 Å². The predicted octanol–water partition coefficient (Wildman–Crippen LogP) is 2.20. The Morgan fingerprint density at radius 2 is 2.20 bits per heavy atom. The molecule has 0 aliphatic heterocycles. The monoisotopic (exact) mass is 279 g/mol. The number of allylic oxidation sites excluding steroid dienone is 1. The molecule has 0 atom stereocenters. The number of nitrogens with one attached hydrogen (secondary N) is 2. The number of aliphatic imine (C=N–C) groups is 1.